The van der Waals surface area contributed by atoms with Crippen molar-refractivity contribution in [2.24, 2.45) is 4.99 Å². The predicted octanol–water partition coefficient (Wildman–Crippen LogP) is 5.46. The number of aromatic amines is 1. The quantitative estimate of drug-likeness (QED) is 0.346. The average Bonchev–Trinajstić information content (AvgIpc) is 3.44. The van der Waals surface area contributed by atoms with Crippen molar-refractivity contribution < 1.29 is 4.74 Å². The van der Waals surface area contributed by atoms with Crippen LogP contribution in [0.2, 0.25) is 0 Å². The van der Waals surface area contributed by atoms with Crippen LogP contribution >= 0.6 is 11.3 Å². The van der Waals surface area contributed by atoms with E-state index in [2.05, 4.69) is 10.1 Å². The lowest BCUT2D eigenvalue weighted by Crippen LogP contribution is -2.19. The molecular weight excluding hydrogens is 432 g/mol. The van der Waals surface area contributed by atoms with Gasteiger partial charge in [0.05, 0.1) is 35.1 Å². The number of aliphatic imine (C=N–C) groups is 1. The van der Waals surface area contributed by atoms with Gasteiger partial charge < -0.3 is 4.74 Å². The molecule has 0 atom stereocenters. The molecule has 0 bridgehead atoms. The fourth-order valence-electron chi connectivity index (χ4n) is 3.70. The van der Waals surface area contributed by atoms with E-state index in [0.29, 0.717) is 23.0 Å². The van der Waals surface area contributed by atoms with E-state index in [1.165, 1.54) is 16.0 Å². The maximum Gasteiger partial charge on any atom is 0.283 e. The molecule has 0 aliphatic carbocycles. The van der Waals surface area contributed by atoms with Crippen LogP contribution < -0.4 is 10.3 Å². The van der Waals surface area contributed by atoms with E-state index in [-0.39, 0.29) is 5.56 Å². The van der Waals surface area contributed by atoms with Crippen molar-refractivity contribution in [2.75, 3.05) is 7.11 Å². The highest BCUT2D eigenvalue weighted by Crippen LogP contribution is 2.26. The van der Waals surface area contributed by atoms with Gasteiger partial charge in [0, 0.05) is 11.3 Å². The van der Waals surface area contributed by atoms with E-state index in [9.17, 15) is 4.79 Å². The maximum absolute atomic E-state index is 13.6. The fourth-order valence-corrected chi connectivity index (χ4v) is 4.62. The molecule has 2 aromatic heterocycles. The molecule has 0 aliphatic rings. The van der Waals surface area contributed by atoms with Gasteiger partial charge in [-0.25, -0.2) is 4.98 Å². The summed E-state index contributed by atoms with van der Waals surface area (Å²) in [5.41, 5.74) is 4.62. The number of aromatic nitrogens is 3. The van der Waals surface area contributed by atoms with Crippen molar-refractivity contribution in [1.82, 2.24) is 14.8 Å². The molecule has 5 aromatic rings. The highest BCUT2D eigenvalue weighted by Gasteiger charge is 2.20. The Hall–Kier alpha value is -3.97. The standard InChI is InChI=1S/C26H22N4O2S/c1-17(27-16-18-12-14-20(32-2)15-13-18)23-24(19-8-4-3-5-9-19)29-30(25(23)31)26-28-21-10-6-7-11-22(21)33-26/h3-15,29H,16H2,1-2H3. The van der Waals surface area contributed by atoms with Gasteiger partial charge in [0.25, 0.3) is 5.56 Å². The van der Waals surface area contributed by atoms with Gasteiger partial charge in [-0.1, -0.05) is 65.9 Å². The van der Waals surface area contributed by atoms with Crippen LogP contribution in [0.1, 0.15) is 18.1 Å². The fraction of sp³-hybridized carbons (Fsp3) is 0.115. The second-order valence-electron chi connectivity index (χ2n) is 7.58. The summed E-state index contributed by atoms with van der Waals surface area (Å²) in [7, 11) is 1.64. The van der Waals surface area contributed by atoms with E-state index in [1.54, 1.807) is 7.11 Å². The van der Waals surface area contributed by atoms with E-state index in [0.717, 1.165) is 32.8 Å². The minimum absolute atomic E-state index is 0.163. The first-order chi connectivity index (χ1) is 16.1. The molecule has 0 spiro atoms. The van der Waals surface area contributed by atoms with E-state index < -0.39 is 0 Å². The maximum atomic E-state index is 13.6. The van der Waals surface area contributed by atoms with Crippen molar-refractivity contribution >= 4 is 27.3 Å². The molecule has 33 heavy (non-hydrogen) atoms. The molecule has 2 heterocycles. The lowest BCUT2D eigenvalue weighted by Gasteiger charge is -2.04. The third-order valence-corrected chi connectivity index (χ3v) is 6.47. The van der Waals surface area contributed by atoms with Crippen molar-refractivity contribution in [3.63, 3.8) is 0 Å². The molecule has 7 heteroatoms. The van der Waals surface area contributed by atoms with Gasteiger partial charge in [-0.15, -0.1) is 0 Å². The SMILES string of the molecule is COc1ccc(CN=C(C)c2c(-c3ccccc3)[nH]n(-c3nc4ccccc4s3)c2=O)cc1. The van der Waals surface area contributed by atoms with Crippen molar-refractivity contribution in [3.8, 4) is 22.1 Å². The van der Waals surface area contributed by atoms with Crippen LogP contribution in [0.15, 0.2) is 88.6 Å². The molecule has 5 rings (SSSR count). The lowest BCUT2D eigenvalue weighted by atomic mass is 10.1. The van der Waals surface area contributed by atoms with Crippen molar-refractivity contribution in [1.29, 1.82) is 0 Å². The zero-order valence-corrected chi connectivity index (χ0v) is 19.1. The number of nitrogens with one attached hydrogen (secondary N) is 1. The smallest absolute Gasteiger partial charge is 0.283 e. The Morgan fingerprint density at radius 1 is 1.03 bits per heavy atom. The summed E-state index contributed by atoms with van der Waals surface area (Å²) < 4.78 is 7.77. The monoisotopic (exact) mass is 454 g/mol. The second kappa shape index (κ2) is 8.88. The Labute approximate surface area is 194 Å². The predicted molar refractivity (Wildman–Crippen MR) is 134 cm³/mol. The highest BCUT2D eigenvalue weighted by atomic mass is 32.1. The molecule has 0 fully saturated rings. The molecule has 0 unspecified atom stereocenters. The minimum atomic E-state index is -0.163. The molecule has 1 N–H and O–H groups in total. The third-order valence-electron chi connectivity index (χ3n) is 5.45. The number of benzene rings is 3. The number of methoxy groups -OCH3 is 1. The van der Waals surface area contributed by atoms with Crippen molar-refractivity contribution in [2.45, 2.75) is 13.5 Å². The Balaban J connectivity index is 1.59. The number of rotatable bonds is 6. The van der Waals surface area contributed by atoms with Crippen LogP contribution in [0.3, 0.4) is 0 Å². The van der Waals surface area contributed by atoms with E-state index in [4.69, 9.17) is 9.73 Å². The van der Waals surface area contributed by atoms with Gasteiger partial charge >= 0.3 is 0 Å². The van der Waals surface area contributed by atoms with Crippen LogP contribution in [-0.4, -0.2) is 27.6 Å². The van der Waals surface area contributed by atoms with Gasteiger partial charge in [-0.3, -0.25) is 14.9 Å². The molecule has 164 valence electrons. The summed E-state index contributed by atoms with van der Waals surface area (Å²) in [5, 5.41) is 3.90. The van der Waals surface area contributed by atoms with Crippen LogP contribution in [-0.2, 0) is 6.54 Å². The summed E-state index contributed by atoms with van der Waals surface area (Å²) in [6.07, 6.45) is 0. The Kier molecular flexibility index (Phi) is 5.62. The third kappa shape index (κ3) is 4.10. The number of ether oxygens (including phenoxy) is 1. The van der Waals surface area contributed by atoms with Gasteiger partial charge in [0.15, 0.2) is 0 Å². The minimum Gasteiger partial charge on any atom is -0.497 e. The van der Waals surface area contributed by atoms with Crippen molar-refractivity contribution in [3.05, 3.63) is 100 Å². The molecule has 0 aliphatic heterocycles. The number of para-hydroxylation sites is 1. The van der Waals surface area contributed by atoms with Gasteiger partial charge in [0.2, 0.25) is 5.13 Å². The van der Waals surface area contributed by atoms with E-state index >= 15 is 0 Å². The summed E-state index contributed by atoms with van der Waals surface area (Å²) in [4.78, 5) is 23.0. The number of thiazole rings is 1. The molecule has 0 amide bonds. The summed E-state index contributed by atoms with van der Waals surface area (Å²) in [6.45, 7) is 2.35. The first-order valence-electron chi connectivity index (χ1n) is 10.5. The Morgan fingerprint density at radius 3 is 2.48 bits per heavy atom. The molecule has 0 radical (unpaired) electrons. The van der Waals surface area contributed by atoms with Crippen LogP contribution in [0.4, 0.5) is 0 Å². The number of hydrogen-bond acceptors (Lipinski definition) is 5. The first-order valence-corrected chi connectivity index (χ1v) is 11.4. The lowest BCUT2D eigenvalue weighted by molar-refractivity contribution is 0.414. The molecular formula is C26H22N4O2S. The average molecular weight is 455 g/mol. The second-order valence-corrected chi connectivity index (χ2v) is 8.59. The molecule has 6 nitrogen and oxygen atoms in total. The topological polar surface area (TPSA) is 72.3 Å². The summed E-state index contributed by atoms with van der Waals surface area (Å²) in [5.74, 6) is 0.801. The number of H-pyrrole nitrogens is 1. The van der Waals surface area contributed by atoms with Crippen LogP contribution in [0, 0.1) is 0 Å². The van der Waals surface area contributed by atoms with E-state index in [1.807, 2.05) is 85.8 Å². The number of fused-ring (bicyclic) bond motifs is 1. The molecule has 0 saturated heterocycles. The Bertz CT molecular complexity index is 1460. The van der Waals surface area contributed by atoms with Gasteiger partial charge in [0.1, 0.15) is 5.75 Å². The summed E-state index contributed by atoms with van der Waals surface area (Å²) >= 11 is 1.48. The number of nitrogens with zero attached hydrogens (tertiary/aromatic N) is 3. The highest BCUT2D eigenvalue weighted by molar-refractivity contribution is 7.20. The molecule has 3 aromatic carbocycles. The zero-order chi connectivity index (χ0) is 22.8. The normalized spacial score (nSPS) is 11.8. The largest absolute Gasteiger partial charge is 0.497 e. The molecule has 0 saturated carbocycles. The van der Waals surface area contributed by atoms with Gasteiger partial charge in [-0.05, 0) is 36.8 Å². The Morgan fingerprint density at radius 2 is 1.76 bits per heavy atom. The van der Waals surface area contributed by atoms with Gasteiger partial charge in [-0.2, -0.15) is 4.68 Å². The number of hydrogen-bond donors (Lipinski definition) is 1. The van der Waals surface area contributed by atoms with Crippen LogP contribution in [0.25, 0.3) is 26.6 Å². The summed E-state index contributed by atoms with van der Waals surface area (Å²) in [6, 6.07) is 25.5. The zero-order valence-electron chi connectivity index (χ0n) is 18.3. The first kappa shape index (κ1) is 20.9. The van der Waals surface area contributed by atoms with Crippen LogP contribution in [0.5, 0.6) is 5.75 Å².